The van der Waals surface area contributed by atoms with Crippen LogP contribution in [0.2, 0.25) is 0 Å². The normalized spacial score (nSPS) is 13.8. The third-order valence-electron chi connectivity index (χ3n) is 5.98. The first-order chi connectivity index (χ1) is 15.5. The molecule has 1 heterocycles. The molecule has 3 rings (SSSR count). The van der Waals surface area contributed by atoms with Crippen LogP contribution in [0.15, 0.2) is 30.3 Å². The minimum Gasteiger partial charge on any atom is -0.493 e. The van der Waals surface area contributed by atoms with Gasteiger partial charge in [-0.15, -0.1) is 0 Å². The lowest BCUT2D eigenvalue weighted by atomic mass is 9.98. The standard InChI is InChI=1S/C25H33NO6/c1-29-21-10-9-18(14-22(21)30-2)20(27)7-5-6-8-25(28)26-12-11-17-13-23(31-3)24(32-4)15-19(17)16-26/h9-10,13-15,20,27H,5-8,11-12,16H2,1-4H3. The summed E-state index contributed by atoms with van der Waals surface area (Å²) < 4.78 is 21.3. The van der Waals surface area contributed by atoms with Crippen LogP contribution in [0.1, 0.15) is 48.5 Å². The molecule has 32 heavy (non-hydrogen) atoms. The van der Waals surface area contributed by atoms with Gasteiger partial charge in [0, 0.05) is 19.5 Å². The minimum absolute atomic E-state index is 0.144. The fourth-order valence-corrected chi connectivity index (χ4v) is 4.09. The van der Waals surface area contributed by atoms with Crippen molar-refractivity contribution in [1.82, 2.24) is 4.90 Å². The van der Waals surface area contributed by atoms with Crippen LogP contribution in [0.5, 0.6) is 23.0 Å². The van der Waals surface area contributed by atoms with E-state index in [1.54, 1.807) is 40.6 Å². The Balaban J connectivity index is 1.48. The molecular weight excluding hydrogens is 410 g/mol. The van der Waals surface area contributed by atoms with Crippen molar-refractivity contribution in [2.24, 2.45) is 0 Å². The molecular formula is C25H33NO6. The smallest absolute Gasteiger partial charge is 0.222 e. The van der Waals surface area contributed by atoms with Gasteiger partial charge in [-0.2, -0.15) is 0 Å². The number of rotatable bonds is 10. The van der Waals surface area contributed by atoms with Gasteiger partial charge in [-0.1, -0.05) is 12.5 Å². The first kappa shape index (κ1) is 23.7. The maximum absolute atomic E-state index is 12.7. The van der Waals surface area contributed by atoms with Gasteiger partial charge in [-0.05, 0) is 60.2 Å². The van der Waals surface area contributed by atoms with Gasteiger partial charge in [-0.3, -0.25) is 4.79 Å². The van der Waals surface area contributed by atoms with Gasteiger partial charge >= 0.3 is 0 Å². The molecule has 7 nitrogen and oxygen atoms in total. The van der Waals surface area contributed by atoms with Crippen LogP contribution < -0.4 is 18.9 Å². The molecule has 1 aliphatic rings. The Hall–Kier alpha value is -2.93. The lowest BCUT2D eigenvalue weighted by molar-refractivity contribution is -0.132. The molecule has 1 amide bonds. The van der Waals surface area contributed by atoms with Gasteiger partial charge < -0.3 is 29.0 Å². The lowest BCUT2D eigenvalue weighted by Crippen LogP contribution is -2.35. The molecule has 0 fully saturated rings. The Kier molecular flexibility index (Phi) is 8.22. The maximum Gasteiger partial charge on any atom is 0.222 e. The molecule has 7 heteroatoms. The van der Waals surface area contributed by atoms with E-state index in [9.17, 15) is 9.90 Å². The number of hydrogen-bond acceptors (Lipinski definition) is 6. The van der Waals surface area contributed by atoms with Crippen molar-refractivity contribution in [3.05, 3.63) is 47.0 Å². The average molecular weight is 444 g/mol. The second-order valence-electron chi connectivity index (χ2n) is 7.92. The van der Waals surface area contributed by atoms with E-state index in [4.69, 9.17) is 18.9 Å². The summed E-state index contributed by atoms with van der Waals surface area (Å²) in [4.78, 5) is 14.6. The molecule has 1 atom stereocenters. The van der Waals surface area contributed by atoms with Gasteiger partial charge in [0.15, 0.2) is 23.0 Å². The number of nitrogens with zero attached hydrogens (tertiary/aromatic N) is 1. The molecule has 0 aromatic heterocycles. The molecule has 2 aromatic carbocycles. The number of ether oxygens (including phenoxy) is 4. The highest BCUT2D eigenvalue weighted by atomic mass is 16.5. The quantitative estimate of drug-likeness (QED) is 0.561. The summed E-state index contributed by atoms with van der Waals surface area (Å²) in [5.74, 6) is 2.78. The summed E-state index contributed by atoms with van der Waals surface area (Å²) in [6, 6.07) is 9.40. The number of amides is 1. The van der Waals surface area contributed by atoms with Crippen molar-refractivity contribution in [3.8, 4) is 23.0 Å². The summed E-state index contributed by atoms with van der Waals surface area (Å²) in [5, 5.41) is 10.5. The van der Waals surface area contributed by atoms with Crippen LogP contribution in [0, 0.1) is 0 Å². The van der Waals surface area contributed by atoms with Crippen molar-refractivity contribution >= 4 is 5.91 Å². The number of carbonyl (C=O) groups is 1. The van der Waals surface area contributed by atoms with E-state index in [2.05, 4.69) is 0 Å². The first-order valence-electron chi connectivity index (χ1n) is 10.9. The first-order valence-corrected chi connectivity index (χ1v) is 10.9. The highest BCUT2D eigenvalue weighted by Crippen LogP contribution is 2.34. The number of aliphatic hydroxyl groups is 1. The lowest BCUT2D eigenvalue weighted by Gasteiger charge is -2.29. The summed E-state index contributed by atoms with van der Waals surface area (Å²) >= 11 is 0. The van der Waals surface area contributed by atoms with Crippen LogP contribution in [-0.2, 0) is 17.8 Å². The van der Waals surface area contributed by atoms with Gasteiger partial charge in [-0.25, -0.2) is 0 Å². The molecule has 1 N–H and O–H groups in total. The van der Waals surface area contributed by atoms with E-state index in [0.29, 0.717) is 43.2 Å². The van der Waals surface area contributed by atoms with Crippen molar-refractivity contribution in [1.29, 1.82) is 0 Å². The molecule has 0 spiro atoms. The molecule has 0 saturated heterocycles. The number of hydrogen-bond donors (Lipinski definition) is 1. The third-order valence-corrected chi connectivity index (χ3v) is 5.98. The molecule has 1 aliphatic heterocycles. The molecule has 0 radical (unpaired) electrons. The monoisotopic (exact) mass is 443 g/mol. The second kappa shape index (κ2) is 11.1. The number of aliphatic hydroxyl groups excluding tert-OH is 1. The molecule has 1 unspecified atom stereocenters. The topological polar surface area (TPSA) is 77.5 Å². The fourth-order valence-electron chi connectivity index (χ4n) is 4.09. The maximum atomic E-state index is 12.7. The summed E-state index contributed by atoms with van der Waals surface area (Å²) in [6.45, 7) is 1.29. The van der Waals surface area contributed by atoms with E-state index < -0.39 is 6.10 Å². The van der Waals surface area contributed by atoms with Crippen LogP contribution in [0.4, 0.5) is 0 Å². The number of carbonyl (C=O) groups excluding carboxylic acids is 1. The molecule has 0 saturated carbocycles. The Bertz CT molecular complexity index is 929. The molecule has 174 valence electrons. The Morgan fingerprint density at radius 3 is 2.19 bits per heavy atom. The van der Waals surface area contributed by atoms with Crippen molar-refractivity contribution < 1.29 is 28.8 Å². The average Bonchev–Trinajstić information content (AvgIpc) is 2.84. The van der Waals surface area contributed by atoms with E-state index in [1.807, 2.05) is 23.1 Å². The zero-order valence-corrected chi connectivity index (χ0v) is 19.3. The predicted octanol–water partition coefficient (Wildman–Crippen LogP) is 3.90. The van der Waals surface area contributed by atoms with Crippen molar-refractivity contribution in [2.75, 3.05) is 35.0 Å². The van der Waals surface area contributed by atoms with Gasteiger partial charge in [0.2, 0.25) is 5.91 Å². The number of methoxy groups -OCH3 is 4. The van der Waals surface area contributed by atoms with E-state index in [-0.39, 0.29) is 5.91 Å². The van der Waals surface area contributed by atoms with Crippen LogP contribution in [-0.4, -0.2) is 50.9 Å². The second-order valence-corrected chi connectivity index (χ2v) is 7.92. The van der Waals surface area contributed by atoms with E-state index >= 15 is 0 Å². The SMILES string of the molecule is COc1ccc(C(O)CCCCC(=O)N2CCc3cc(OC)c(OC)cc3C2)cc1OC. The Morgan fingerprint density at radius 1 is 0.906 bits per heavy atom. The van der Waals surface area contributed by atoms with Gasteiger partial charge in [0.05, 0.1) is 34.5 Å². The summed E-state index contributed by atoms with van der Waals surface area (Å²) in [6.07, 6.45) is 2.76. The zero-order valence-electron chi connectivity index (χ0n) is 19.3. The molecule has 0 aliphatic carbocycles. The van der Waals surface area contributed by atoms with Crippen LogP contribution >= 0.6 is 0 Å². The van der Waals surface area contributed by atoms with Crippen LogP contribution in [0.25, 0.3) is 0 Å². The van der Waals surface area contributed by atoms with E-state index in [1.165, 1.54) is 5.56 Å². The zero-order chi connectivity index (χ0) is 23.1. The molecule has 2 aromatic rings. The van der Waals surface area contributed by atoms with E-state index in [0.717, 1.165) is 36.1 Å². The minimum atomic E-state index is -0.603. The molecule has 0 bridgehead atoms. The summed E-state index contributed by atoms with van der Waals surface area (Å²) in [7, 11) is 6.40. The highest BCUT2D eigenvalue weighted by Gasteiger charge is 2.22. The highest BCUT2D eigenvalue weighted by molar-refractivity contribution is 5.76. The number of benzene rings is 2. The number of fused-ring (bicyclic) bond motifs is 1. The Labute approximate surface area is 189 Å². The predicted molar refractivity (Wildman–Crippen MR) is 122 cm³/mol. The third kappa shape index (κ3) is 5.46. The Morgan fingerprint density at radius 2 is 1.53 bits per heavy atom. The fraction of sp³-hybridized carbons (Fsp3) is 0.480. The number of unbranched alkanes of at least 4 members (excludes halogenated alkanes) is 1. The van der Waals surface area contributed by atoms with Crippen LogP contribution in [0.3, 0.4) is 0 Å². The van der Waals surface area contributed by atoms with Gasteiger partial charge in [0.1, 0.15) is 0 Å². The van der Waals surface area contributed by atoms with Crippen molar-refractivity contribution in [2.45, 2.75) is 44.8 Å². The summed E-state index contributed by atoms with van der Waals surface area (Å²) in [5.41, 5.74) is 3.09. The van der Waals surface area contributed by atoms with Crippen molar-refractivity contribution in [3.63, 3.8) is 0 Å². The largest absolute Gasteiger partial charge is 0.493 e. The van der Waals surface area contributed by atoms with Gasteiger partial charge in [0.25, 0.3) is 0 Å².